The van der Waals surface area contributed by atoms with Gasteiger partial charge in [-0.05, 0) is 30.4 Å². The molecule has 2 N–H and O–H groups in total. The third-order valence-corrected chi connectivity index (χ3v) is 4.04. The van der Waals surface area contributed by atoms with Crippen LogP contribution in [-0.4, -0.2) is 9.55 Å². The number of fused-ring (bicyclic) bond motifs is 1. The van der Waals surface area contributed by atoms with Crippen molar-refractivity contribution >= 4 is 17.0 Å². The average molecular weight is 273 g/mol. The normalized spacial score (nSPS) is 12.2. The molecule has 0 unspecified atom stereocenters. The van der Waals surface area contributed by atoms with Crippen LogP contribution in [0.25, 0.3) is 11.0 Å². The lowest BCUT2D eigenvalue weighted by atomic mass is 9.86. The zero-order valence-corrected chi connectivity index (χ0v) is 13.2. The fourth-order valence-corrected chi connectivity index (χ4v) is 2.90. The Labute approximate surface area is 122 Å². The number of nitrogens with zero attached hydrogens (tertiary/aromatic N) is 2. The van der Waals surface area contributed by atoms with Gasteiger partial charge in [0.15, 0.2) is 0 Å². The molecule has 20 heavy (non-hydrogen) atoms. The van der Waals surface area contributed by atoms with Crippen molar-refractivity contribution in [2.45, 2.75) is 59.9 Å². The number of unbranched alkanes of at least 4 members (excludes halogenated alkanes) is 2. The minimum atomic E-state index is 0.249. The molecule has 1 heterocycles. The van der Waals surface area contributed by atoms with Crippen molar-refractivity contribution < 1.29 is 0 Å². The molecule has 0 aliphatic heterocycles. The molecular weight excluding hydrogens is 246 g/mol. The highest BCUT2D eigenvalue weighted by molar-refractivity contribution is 5.81. The lowest BCUT2D eigenvalue weighted by molar-refractivity contribution is 0.276. The second-order valence-corrected chi connectivity index (χ2v) is 6.62. The Morgan fingerprint density at radius 2 is 2.00 bits per heavy atom. The van der Waals surface area contributed by atoms with Crippen molar-refractivity contribution in [1.82, 2.24) is 9.55 Å². The Morgan fingerprint density at radius 1 is 1.25 bits per heavy atom. The van der Waals surface area contributed by atoms with Gasteiger partial charge in [0, 0.05) is 6.54 Å². The van der Waals surface area contributed by atoms with Crippen LogP contribution in [0.4, 0.5) is 5.95 Å². The van der Waals surface area contributed by atoms with Gasteiger partial charge in [-0.3, -0.25) is 0 Å². The van der Waals surface area contributed by atoms with Gasteiger partial charge >= 0.3 is 0 Å². The third-order valence-electron chi connectivity index (χ3n) is 4.04. The standard InChI is InChI=1S/C17H27N3/c1-5-6-7-11-17(3,4)12-20-15-13(2)9-8-10-14(15)19-16(20)18/h8-10H,5-7,11-12H2,1-4H3,(H2,18,19). The Hall–Kier alpha value is -1.51. The van der Waals surface area contributed by atoms with Gasteiger partial charge in [0.1, 0.15) is 0 Å². The Balaban J connectivity index is 2.27. The van der Waals surface area contributed by atoms with E-state index in [-0.39, 0.29) is 5.41 Å². The van der Waals surface area contributed by atoms with E-state index in [4.69, 9.17) is 5.73 Å². The highest BCUT2D eigenvalue weighted by atomic mass is 15.2. The lowest BCUT2D eigenvalue weighted by Gasteiger charge is -2.26. The molecule has 0 atom stereocenters. The average Bonchev–Trinajstić information content (AvgIpc) is 2.67. The van der Waals surface area contributed by atoms with E-state index < -0.39 is 0 Å². The Morgan fingerprint density at radius 3 is 2.70 bits per heavy atom. The molecule has 3 nitrogen and oxygen atoms in total. The van der Waals surface area contributed by atoms with Gasteiger partial charge in [-0.1, -0.05) is 52.2 Å². The van der Waals surface area contributed by atoms with Gasteiger partial charge < -0.3 is 10.3 Å². The predicted octanol–water partition coefficient (Wildman–Crippen LogP) is 4.53. The van der Waals surface area contributed by atoms with Crippen molar-refractivity contribution in [2.24, 2.45) is 5.41 Å². The van der Waals surface area contributed by atoms with Crippen molar-refractivity contribution in [3.05, 3.63) is 23.8 Å². The van der Waals surface area contributed by atoms with Crippen LogP contribution in [0.15, 0.2) is 18.2 Å². The first-order valence-electron chi connectivity index (χ1n) is 7.66. The number of nitrogens with two attached hydrogens (primary N) is 1. The van der Waals surface area contributed by atoms with Crippen molar-refractivity contribution in [3.63, 3.8) is 0 Å². The van der Waals surface area contributed by atoms with E-state index in [1.54, 1.807) is 0 Å². The summed E-state index contributed by atoms with van der Waals surface area (Å²) in [7, 11) is 0. The number of rotatable bonds is 6. The van der Waals surface area contributed by atoms with Gasteiger partial charge in [-0.15, -0.1) is 0 Å². The minimum absolute atomic E-state index is 0.249. The molecule has 0 bridgehead atoms. The summed E-state index contributed by atoms with van der Waals surface area (Å²) in [6.45, 7) is 9.96. The van der Waals surface area contributed by atoms with Gasteiger partial charge in [0.05, 0.1) is 11.0 Å². The van der Waals surface area contributed by atoms with Crippen LogP contribution < -0.4 is 5.73 Å². The molecule has 1 aromatic heterocycles. The predicted molar refractivity (Wildman–Crippen MR) is 86.8 cm³/mol. The Kier molecular flexibility index (Phi) is 4.36. The molecule has 2 rings (SSSR count). The molecule has 0 spiro atoms. The molecule has 0 saturated heterocycles. The fraction of sp³-hybridized carbons (Fsp3) is 0.588. The highest BCUT2D eigenvalue weighted by Crippen LogP contribution is 2.30. The van der Waals surface area contributed by atoms with Gasteiger partial charge in [-0.2, -0.15) is 0 Å². The number of nitrogen functional groups attached to an aromatic ring is 1. The maximum Gasteiger partial charge on any atom is 0.201 e. The fourth-order valence-electron chi connectivity index (χ4n) is 2.90. The summed E-state index contributed by atoms with van der Waals surface area (Å²) in [5.74, 6) is 0.637. The number of aryl methyl sites for hydroxylation is 1. The largest absolute Gasteiger partial charge is 0.369 e. The zero-order chi connectivity index (χ0) is 14.8. The SMILES string of the molecule is CCCCCC(C)(C)Cn1c(N)nc2cccc(C)c21. The minimum Gasteiger partial charge on any atom is -0.369 e. The number of anilines is 1. The Bertz CT molecular complexity index is 581. The van der Waals surface area contributed by atoms with E-state index in [0.29, 0.717) is 5.95 Å². The molecule has 0 saturated carbocycles. The molecule has 110 valence electrons. The molecule has 0 amide bonds. The van der Waals surface area contributed by atoms with E-state index >= 15 is 0 Å². The molecule has 1 aromatic carbocycles. The summed E-state index contributed by atoms with van der Waals surface area (Å²) in [5.41, 5.74) is 9.83. The maximum atomic E-state index is 6.14. The topological polar surface area (TPSA) is 43.8 Å². The molecule has 3 heteroatoms. The number of hydrogen-bond donors (Lipinski definition) is 1. The summed E-state index contributed by atoms with van der Waals surface area (Å²) in [6.07, 6.45) is 5.09. The van der Waals surface area contributed by atoms with E-state index in [9.17, 15) is 0 Å². The van der Waals surface area contributed by atoms with Crippen molar-refractivity contribution in [3.8, 4) is 0 Å². The van der Waals surface area contributed by atoms with Crippen molar-refractivity contribution in [1.29, 1.82) is 0 Å². The second-order valence-electron chi connectivity index (χ2n) is 6.62. The lowest BCUT2D eigenvalue weighted by Crippen LogP contribution is -2.21. The smallest absolute Gasteiger partial charge is 0.201 e. The van der Waals surface area contributed by atoms with E-state index in [0.717, 1.165) is 12.1 Å². The van der Waals surface area contributed by atoms with E-state index in [1.165, 1.54) is 36.8 Å². The van der Waals surface area contributed by atoms with Gasteiger partial charge in [0.25, 0.3) is 0 Å². The first-order valence-corrected chi connectivity index (χ1v) is 7.66. The quantitative estimate of drug-likeness (QED) is 0.786. The summed E-state index contributed by atoms with van der Waals surface area (Å²) in [6, 6.07) is 6.21. The van der Waals surface area contributed by atoms with E-state index in [2.05, 4.69) is 43.3 Å². The van der Waals surface area contributed by atoms with Crippen LogP contribution in [0, 0.1) is 12.3 Å². The van der Waals surface area contributed by atoms with Crippen LogP contribution >= 0.6 is 0 Å². The number of aromatic nitrogens is 2. The van der Waals surface area contributed by atoms with Crippen molar-refractivity contribution in [2.75, 3.05) is 5.73 Å². The summed E-state index contributed by atoms with van der Waals surface area (Å²) < 4.78 is 2.19. The highest BCUT2D eigenvalue weighted by Gasteiger charge is 2.21. The molecule has 0 aliphatic carbocycles. The third kappa shape index (κ3) is 3.14. The molecular formula is C17H27N3. The zero-order valence-electron chi connectivity index (χ0n) is 13.2. The van der Waals surface area contributed by atoms with E-state index in [1.807, 2.05) is 12.1 Å². The van der Waals surface area contributed by atoms with Crippen LogP contribution in [0.5, 0.6) is 0 Å². The molecule has 0 fully saturated rings. The van der Waals surface area contributed by atoms with Gasteiger partial charge in [-0.25, -0.2) is 4.98 Å². The van der Waals surface area contributed by atoms with Crippen LogP contribution in [-0.2, 0) is 6.54 Å². The first kappa shape index (κ1) is 14.9. The number of hydrogen-bond acceptors (Lipinski definition) is 2. The second kappa shape index (κ2) is 5.86. The van der Waals surface area contributed by atoms with Gasteiger partial charge in [0.2, 0.25) is 5.95 Å². The number of benzene rings is 1. The van der Waals surface area contributed by atoms with Crippen LogP contribution in [0.2, 0.25) is 0 Å². The summed E-state index contributed by atoms with van der Waals surface area (Å²) in [4.78, 5) is 4.50. The van der Waals surface area contributed by atoms with Crippen LogP contribution in [0.1, 0.15) is 52.0 Å². The molecule has 0 radical (unpaired) electrons. The summed E-state index contributed by atoms with van der Waals surface area (Å²) >= 11 is 0. The summed E-state index contributed by atoms with van der Waals surface area (Å²) in [5, 5.41) is 0. The first-order chi connectivity index (χ1) is 9.44. The monoisotopic (exact) mass is 273 g/mol. The molecule has 2 aromatic rings. The van der Waals surface area contributed by atoms with Crippen LogP contribution in [0.3, 0.4) is 0 Å². The number of imidazole rings is 1. The molecule has 0 aliphatic rings. The maximum absolute atomic E-state index is 6.14. The number of para-hydroxylation sites is 1.